The molecule has 120 valence electrons. The van der Waals surface area contributed by atoms with Crippen LogP contribution < -0.4 is 0 Å². The molecular weight excluding hydrogens is 326 g/mol. The van der Waals surface area contributed by atoms with Gasteiger partial charge < -0.3 is 4.90 Å². The molecule has 1 saturated carbocycles. The average molecular weight is 345 g/mol. The molecule has 23 heavy (non-hydrogen) atoms. The van der Waals surface area contributed by atoms with E-state index in [2.05, 4.69) is 20.9 Å². The molecule has 0 saturated heterocycles. The number of hydrogen-bond donors (Lipinski definition) is 0. The van der Waals surface area contributed by atoms with Crippen molar-refractivity contribution in [3.05, 3.63) is 29.5 Å². The summed E-state index contributed by atoms with van der Waals surface area (Å²) in [6, 6.07) is 2.48. The molecule has 6 heteroatoms. The van der Waals surface area contributed by atoms with Gasteiger partial charge in [0.2, 0.25) is 5.91 Å². The molecule has 0 atom stereocenters. The molecule has 1 amide bonds. The fourth-order valence-electron chi connectivity index (χ4n) is 3.05. The van der Waals surface area contributed by atoms with Crippen LogP contribution in [0.4, 0.5) is 0 Å². The minimum atomic E-state index is 0.229. The van der Waals surface area contributed by atoms with Crippen molar-refractivity contribution in [3.8, 4) is 0 Å². The van der Waals surface area contributed by atoms with Gasteiger partial charge in [-0.1, -0.05) is 17.8 Å². The maximum absolute atomic E-state index is 12.8. The van der Waals surface area contributed by atoms with Crippen LogP contribution in [0.5, 0.6) is 0 Å². The second-order valence-corrected chi connectivity index (χ2v) is 7.90. The molecule has 2 aromatic rings. The molecule has 0 spiro atoms. The van der Waals surface area contributed by atoms with Crippen LogP contribution in [0.15, 0.2) is 34.6 Å². The predicted octanol–water partition coefficient (Wildman–Crippen LogP) is 4.23. The third-order valence-electron chi connectivity index (χ3n) is 4.31. The first kappa shape index (κ1) is 15.1. The van der Waals surface area contributed by atoms with Gasteiger partial charge in [0, 0.05) is 17.1 Å². The van der Waals surface area contributed by atoms with Crippen LogP contribution in [0.3, 0.4) is 0 Å². The Morgan fingerprint density at radius 3 is 3.04 bits per heavy atom. The molecule has 0 aromatic carbocycles. The fourth-order valence-corrected chi connectivity index (χ4v) is 4.69. The summed E-state index contributed by atoms with van der Waals surface area (Å²) in [5.41, 5.74) is 1.26. The molecule has 0 bridgehead atoms. The zero-order valence-electron chi connectivity index (χ0n) is 12.9. The molecule has 2 aromatic heterocycles. The second-order valence-electron chi connectivity index (χ2n) is 6.04. The number of amides is 1. The van der Waals surface area contributed by atoms with Crippen molar-refractivity contribution in [1.82, 2.24) is 14.9 Å². The summed E-state index contributed by atoms with van der Waals surface area (Å²) >= 11 is 3.15. The summed E-state index contributed by atoms with van der Waals surface area (Å²) in [6.45, 7) is 0. The Labute approximate surface area is 144 Å². The molecular formula is C17H19N3OS2. The van der Waals surface area contributed by atoms with Crippen LogP contribution >= 0.6 is 23.1 Å². The fraction of sp³-hybridized carbons (Fsp3) is 0.471. The maximum atomic E-state index is 12.8. The van der Waals surface area contributed by atoms with Crippen LogP contribution in [0.25, 0.3) is 10.2 Å². The van der Waals surface area contributed by atoms with E-state index in [9.17, 15) is 4.79 Å². The summed E-state index contributed by atoms with van der Waals surface area (Å²) in [5.74, 6) is 0.683. The summed E-state index contributed by atoms with van der Waals surface area (Å²) < 4.78 is 0. The number of rotatable bonds is 5. The highest BCUT2D eigenvalue weighted by Crippen LogP contribution is 2.35. The van der Waals surface area contributed by atoms with Gasteiger partial charge in [0.25, 0.3) is 0 Å². The molecule has 4 rings (SSSR count). The van der Waals surface area contributed by atoms with Crippen molar-refractivity contribution >= 4 is 39.2 Å². The Morgan fingerprint density at radius 2 is 2.26 bits per heavy atom. The van der Waals surface area contributed by atoms with Gasteiger partial charge in [-0.2, -0.15) is 0 Å². The maximum Gasteiger partial charge on any atom is 0.237 e. The number of fused-ring (bicyclic) bond motifs is 1. The number of nitrogens with zero attached hydrogens (tertiary/aromatic N) is 3. The number of allylic oxidation sites excluding steroid dienone is 2. The summed E-state index contributed by atoms with van der Waals surface area (Å²) in [7, 11) is 0. The lowest BCUT2D eigenvalue weighted by molar-refractivity contribution is -0.127. The van der Waals surface area contributed by atoms with E-state index < -0.39 is 0 Å². The predicted molar refractivity (Wildman–Crippen MR) is 94.6 cm³/mol. The summed E-state index contributed by atoms with van der Waals surface area (Å²) in [4.78, 5) is 24.5. The van der Waals surface area contributed by atoms with Gasteiger partial charge in [0.05, 0.1) is 5.75 Å². The summed E-state index contributed by atoms with van der Waals surface area (Å²) in [5, 5.41) is 4.00. The third-order valence-corrected chi connectivity index (χ3v) is 6.13. The number of aromatic nitrogens is 2. The quantitative estimate of drug-likeness (QED) is 0.601. The Bertz CT molecular complexity index is 751. The van der Waals surface area contributed by atoms with Gasteiger partial charge >= 0.3 is 0 Å². The normalized spacial score (nSPS) is 18.0. The van der Waals surface area contributed by atoms with E-state index in [1.54, 1.807) is 17.7 Å². The molecule has 4 nitrogen and oxygen atoms in total. The number of carbonyl (C=O) groups is 1. The first-order chi connectivity index (χ1) is 11.3. The monoisotopic (exact) mass is 345 g/mol. The summed E-state index contributed by atoms with van der Waals surface area (Å²) in [6.07, 6.45) is 10.8. The van der Waals surface area contributed by atoms with Gasteiger partial charge in [0.1, 0.15) is 16.2 Å². The molecule has 1 fully saturated rings. The average Bonchev–Trinajstić information content (AvgIpc) is 3.29. The zero-order valence-corrected chi connectivity index (χ0v) is 14.5. The Morgan fingerprint density at radius 1 is 1.35 bits per heavy atom. The minimum absolute atomic E-state index is 0.229. The van der Waals surface area contributed by atoms with Gasteiger partial charge in [-0.15, -0.1) is 11.3 Å². The van der Waals surface area contributed by atoms with Crippen LogP contribution in [-0.2, 0) is 4.79 Å². The topological polar surface area (TPSA) is 46.1 Å². The van der Waals surface area contributed by atoms with E-state index in [1.807, 2.05) is 11.4 Å². The van der Waals surface area contributed by atoms with Crippen molar-refractivity contribution in [2.75, 3.05) is 5.75 Å². The largest absolute Gasteiger partial charge is 0.313 e. The molecule has 0 radical (unpaired) electrons. The van der Waals surface area contributed by atoms with Crippen molar-refractivity contribution in [3.63, 3.8) is 0 Å². The van der Waals surface area contributed by atoms with Crippen molar-refractivity contribution < 1.29 is 4.79 Å². The highest BCUT2D eigenvalue weighted by atomic mass is 32.2. The van der Waals surface area contributed by atoms with Crippen molar-refractivity contribution in [2.24, 2.45) is 0 Å². The van der Waals surface area contributed by atoms with Gasteiger partial charge in [-0.05, 0) is 50.0 Å². The van der Waals surface area contributed by atoms with Gasteiger partial charge in [-0.3, -0.25) is 4.79 Å². The van der Waals surface area contributed by atoms with E-state index in [1.165, 1.54) is 30.3 Å². The van der Waals surface area contributed by atoms with Crippen LogP contribution in [-0.4, -0.2) is 32.6 Å². The second kappa shape index (κ2) is 6.61. The van der Waals surface area contributed by atoms with E-state index in [0.29, 0.717) is 11.8 Å². The van der Waals surface area contributed by atoms with Crippen LogP contribution in [0, 0.1) is 0 Å². The first-order valence-electron chi connectivity index (χ1n) is 8.15. The van der Waals surface area contributed by atoms with Gasteiger partial charge in [0.15, 0.2) is 0 Å². The third kappa shape index (κ3) is 3.28. The molecule has 2 aliphatic carbocycles. The number of thiophene rings is 1. The highest BCUT2D eigenvalue weighted by molar-refractivity contribution is 8.00. The number of hydrogen-bond acceptors (Lipinski definition) is 5. The molecule has 0 N–H and O–H groups in total. The molecule has 2 aliphatic rings. The van der Waals surface area contributed by atoms with Crippen LogP contribution in [0.2, 0.25) is 0 Å². The van der Waals surface area contributed by atoms with E-state index in [0.717, 1.165) is 40.9 Å². The Hall–Kier alpha value is -1.40. The SMILES string of the molecule is O=C(CSc1ncnc2sccc12)N(C1=CCCCC1)C1CC1. The van der Waals surface area contributed by atoms with Crippen molar-refractivity contribution in [1.29, 1.82) is 0 Å². The standard InChI is InChI=1S/C17H19N3OS2/c21-15(20(13-6-7-13)12-4-2-1-3-5-12)10-23-17-14-8-9-22-16(14)18-11-19-17/h4,8-9,11,13H,1-3,5-7,10H2. The lowest BCUT2D eigenvalue weighted by atomic mass is 10.0. The van der Waals surface area contributed by atoms with Gasteiger partial charge in [-0.25, -0.2) is 9.97 Å². The Balaban J connectivity index is 1.48. The Kier molecular flexibility index (Phi) is 4.35. The smallest absolute Gasteiger partial charge is 0.237 e. The highest BCUT2D eigenvalue weighted by Gasteiger charge is 2.34. The molecule has 0 aliphatic heterocycles. The van der Waals surface area contributed by atoms with E-state index in [4.69, 9.17) is 0 Å². The first-order valence-corrected chi connectivity index (χ1v) is 10.0. The number of thioether (sulfide) groups is 1. The number of carbonyl (C=O) groups excluding carboxylic acids is 1. The minimum Gasteiger partial charge on any atom is -0.313 e. The molecule has 2 heterocycles. The lowest BCUT2D eigenvalue weighted by Gasteiger charge is -2.27. The molecule has 0 unspecified atom stereocenters. The van der Waals surface area contributed by atoms with E-state index >= 15 is 0 Å². The van der Waals surface area contributed by atoms with Crippen molar-refractivity contribution in [2.45, 2.75) is 49.6 Å². The zero-order chi connectivity index (χ0) is 15.6. The lowest BCUT2D eigenvalue weighted by Crippen LogP contribution is -2.34. The van der Waals surface area contributed by atoms with Crippen LogP contribution in [0.1, 0.15) is 38.5 Å². The van der Waals surface area contributed by atoms with E-state index in [-0.39, 0.29) is 5.91 Å².